The van der Waals surface area contributed by atoms with Gasteiger partial charge in [-0.1, -0.05) is 6.42 Å². The number of piperidine rings is 1. The fourth-order valence-electron chi connectivity index (χ4n) is 4.34. The van der Waals surface area contributed by atoms with Gasteiger partial charge in [0.1, 0.15) is 11.6 Å². The van der Waals surface area contributed by atoms with E-state index in [2.05, 4.69) is 30.0 Å². The van der Waals surface area contributed by atoms with E-state index in [1.165, 1.54) is 42.7 Å². The van der Waals surface area contributed by atoms with Crippen LogP contribution in [0.2, 0.25) is 0 Å². The molecule has 0 radical (unpaired) electrons. The second-order valence-corrected chi connectivity index (χ2v) is 8.93. The van der Waals surface area contributed by atoms with E-state index in [0.717, 1.165) is 55.4 Å². The van der Waals surface area contributed by atoms with Gasteiger partial charge in [0, 0.05) is 43.1 Å². The van der Waals surface area contributed by atoms with Crippen molar-refractivity contribution in [3.05, 3.63) is 34.5 Å². The quantitative estimate of drug-likeness (QED) is 0.830. The minimum Gasteiger partial charge on any atom is -0.342 e. The molecule has 0 aromatic carbocycles. The van der Waals surface area contributed by atoms with Gasteiger partial charge < -0.3 is 14.8 Å². The van der Waals surface area contributed by atoms with E-state index < -0.39 is 0 Å². The van der Waals surface area contributed by atoms with Crippen LogP contribution in [0, 0.1) is 0 Å². The highest BCUT2D eigenvalue weighted by Crippen LogP contribution is 2.30. The summed E-state index contributed by atoms with van der Waals surface area (Å²) in [5.74, 6) is 3.57. The number of nitrogens with one attached hydrogen (secondary N) is 1. The Bertz CT molecular complexity index is 933. The molecule has 8 nitrogen and oxygen atoms in total. The Balaban J connectivity index is 1.26. The maximum Gasteiger partial charge on any atom is 0.283 e. The number of hydrogen-bond donors (Lipinski definition) is 1. The minimum atomic E-state index is -0.000950. The van der Waals surface area contributed by atoms with Crippen LogP contribution in [-0.4, -0.2) is 49.6 Å². The molecule has 9 heteroatoms. The number of anilines is 1. The van der Waals surface area contributed by atoms with Gasteiger partial charge in [-0.3, -0.25) is 4.79 Å². The predicted octanol–water partition coefficient (Wildman–Crippen LogP) is 2.98. The zero-order valence-corrected chi connectivity index (χ0v) is 17.2. The summed E-state index contributed by atoms with van der Waals surface area (Å²) < 4.78 is 2.38. The third-order valence-electron chi connectivity index (χ3n) is 5.89. The third kappa shape index (κ3) is 4.01. The summed E-state index contributed by atoms with van der Waals surface area (Å²) in [5.41, 5.74) is 0.846. The van der Waals surface area contributed by atoms with Crippen molar-refractivity contribution in [1.82, 2.24) is 30.0 Å². The summed E-state index contributed by atoms with van der Waals surface area (Å²) in [6.07, 6.45) is 10.6. The Morgan fingerprint density at radius 1 is 1.14 bits per heavy atom. The molecule has 0 saturated carbocycles. The lowest BCUT2D eigenvalue weighted by atomic mass is 9.96. The average Bonchev–Trinajstić information content (AvgIpc) is 3.26. The molecule has 0 spiro atoms. The molecule has 3 aliphatic rings. The molecule has 1 N–H and O–H groups in total. The molecular weight excluding hydrogens is 386 g/mol. The lowest BCUT2D eigenvalue weighted by molar-refractivity contribution is 0.262. The summed E-state index contributed by atoms with van der Waals surface area (Å²) in [6, 6.07) is 1.89. The molecule has 0 unspecified atom stereocenters. The van der Waals surface area contributed by atoms with Crippen molar-refractivity contribution in [3.8, 4) is 0 Å². The van der Waals surface area contributed by atoms with Crippen molar-refractivity contribution in [2.75, 3.05) is 24.5 Å². The summed E-state index contributed by atoms with van der Waals surface area (Å²) in [6.45, 7) is 3.48. The molecule has 1 amide bonds. The number of amides is 1. The topological polar surface area (TPSA) is 88.8 Å². The third-order valence-corrected chi connectivity index (χ3v) is 6.74. The van der Waals surface area contributed by atoms with Crippen LogP contribution in [0.3, 0.4) is 0 Å². The Morgan fingerprint density at radius 3 is 2.86 bits per heavy atom. The highest BCUT2D eigenvalue weighted by Gasteiger charge is 2.27. The van der Waals surface area contributed by atoms with Crippen LogP contribution >= 0.6 is 11.8 Å². The zero-order valence-electron chi connectivity index (χ0n) is 16.4. The first-order valence-corrected chi connectivity index (χ1v) is 11.2. The lowest BCUT2D eigenvalue weighted by Gasteiger charge is -2.31. The molecule has 0 atom stereocenters. The number of hydrogen-bond acceptors (Lipinski definition) is 7. The van der Waals surface area contributed by atoms with Crippen molar-refractivity contribution in [2.24, 2.45) is 0 Å². The van der Waals surface area contributed by atoms with Crippen molar-refractivity contribution in [3.63, 3.8) is 0 Å². The summed E-state index contributed by atoms with van der Waals surface area (Å²) in [7, 11) is 0. The first kappa shape index (κ1) is 18.6. The average molecular weight is 412 g/mol. The highest BCUT2D eigenvalue weighted by atomic mass is 32.2. The van der Waals surface area contributed by atoms with E-state index in [1.807, 2.05) is 12.1 Å². The first-order chi connectivity index (χ1) is 14.3. The number of carbonyl (C=O) groups is 1. The molecule has 5 rings (SSSR count). The molecule has 29 heavy (non-hydrogen) atoms. The molecule has 2 aromatic rings. The second kappa shape index (κ2) is 8.14. The fourth-order valence-corrected chi connectivity index (χ4v) is 5.04. The molecule has 0 aliphatic carbocycles. The van der Waals surface area contributed by atoms with Gasteiger partial charge in [-0.15, -0.1) is 10.2 Å². The predicted molar refractivity (Wildman–Crippen MR) is 113 cm³/mol. The van der Waals surface area contributed by atoms with E-state index in [4.69, 9.17) is 4.98 Å². The molecule has 2 saturated heterocycles. The van der Waals surface area contributed by atoms with Crippen molar-refractivity contribution in [1.29, 1.82) is 0 Å². The molecule has 5 heterocycles. The van der Waals surface area contributed by atoms with E-state index >= 15 is 0 Å². The van der Waals surface area contributed by atoms with Gasteiger partial charge in [-0.2, -0.15) is 0 Å². The number of thioether (sulfide) groups is 1. The fraction of sp³-hybridized carbons (Fsp3) is 0.550. The number of rotatable bonds is 3. The number of aromatic nitrogens is 5. The molecule has 152 valence electrons. The monoisotopic (exact) mass is 411 g/mol. The molecule has 0 bridgehead atoms. The van der Waals surface area contributed by atoms with Crippen molar-refractivity contribution in [2.45, 2.75) is 51.0 Å². The minimum absolute atomic E-state index is 0.000950. The highest BCUT2D eigenvalue weighted by molar-refractivity contribution is 8.17. The molecule has 2 aromatic heterocycles. The number of fused-ring (bicyclic) bond motifs is 1. The Labute approximate surface area is 174 Å². The standard InChI is InChI=1S/C20H25N7OS/c28-20-22-13-16(29-20)12-15-5-8-21-19(23-15)26-10-6-14(7-11-26)18-25-24-17-4-2-1-3-9-27(17)18/h5,8,12,14H,1-4,6-7,9-11,13H2,(H,22,28)/b16-12-. The van der Waals surface area contributed by atoms with Crippen molar-refractivity contribution < 1.29 is 4.79 Å². The number of nitrogens with zero attached hydrogens (tertiary/aromatic N) is 6. The largest absolute Gasteiger partial charge is 0.342 e. The van der Waals surface area contributed by atoms with Crippen LogP contribution in [0.25, 0.3) is 6.08 Å². The summed E-state index contributed by atoms with van der Waals surface area (Å²) >= 11 is 1.24. The Morgan fingerprint density at radius 2 is 2.03 bits per heavy atom. The SMILES string of the molecule is O=C1NC/C(=C/c2ccnc(N3CCC(c4nnc5n4CCCCC5)CC3)n2)S1. The van der Waals surface area contributed by atoms with Crippen LogP contribution in [0.15, 0.2) is 17.2 Å². The summed E-state index contributed by atoms with van der Waals surface area (Å²) in [5, 5.41) is 11.8. The maximum absolute atomic E-state index is 11.4. The van der Waals surface area contributed by atoms with Gasteiger partial charge in [0.2, 0.25) is 5.95 Å². The van der Waals surface area contributed by atoms with E-state index in [9.17, 15) is 4.79 Å². The lowest BCUT2D eigenvalue weighted by Crippen LogP contribution is -2.35. The Hall–Kier alpha value is -2.42. The molecular formula is C20H25N7OS. The van der Waals surface area contributed by atoms with Gasteiger partial charge in [0.15, 0.2) is 0 Å². The van der Waals surface area contributed by atoms with Crippen LogP contribution in [0.4, 0.5) is 10.7 Å². The van der Waals surface area contributed by atoms with Crippen LogP contribution in [0.1, 0.15) is 55.4 Å². The molecule has 2 fully saturated rings. The normalized spacial score (nSPS) is 21.9. The Kier molecular flexibility index (Phi) is 5.22. The molecule has 3 aliphatic heterocycles. The van der Waals surface area contributed by atoms with E-state index in [-0.39, 0.29) is 5.24 Å². The van der Waals surface area contributed by atoms with Crippen molar-refractivity contribution >= 4 is 29.0 Å². The van der Waals surface area contributed by atoms with E-state index in [1.54, 1.807) is 6.20 Å². The smallest absolute Gasteiger partial charge is 0.283 e. The zero-order chi connectivity index (χ0) is 19.6. The summed E-state index contributed by atoms with van der Waals surface area (Å²) in [4.78, 5) is 23.8. The van der Waals surface area contributed by atoms with Crippen LogP contribution in [0.5, 0.6) is 0 Å². The number of carbonyl (C=O) groups excluding carboxylic acids is 1. The van der Waals surface area contributed by atoms with Gasteiger partial charge in [0.25, 0.3) is 5.24 Å². The number of aryl methyl sites for hydroxylation is 1. The van der Waals surface area contributed by atoms with Gasteiger partial charge >= 0.3 is 0 Å². The second-order valence-electron chi connectivity index (χ2n) is 7.83. The van der Waals surface area contributed by atoms with Crippen LogP contribution < -0.4 is 10.2 Å². The maximum atomic E-state index is 11.4. The van der Waals surface area contributed by atoms with Gasteiger partial charge in [-0.05, 0) is 49.6 Å². The van der Waals surface area contributed by atoms with Gasteiger partial charge in [-0.25, -0.2) is 9.97 Å². The first-order valence-electron chi connectivity index (χ1n) is 10.4. The van der Waals surface area contributed by atoms with Gasteiger partial charge in [0.05, 0.1) is 12.2 Å². The van der Waals surface area contributed by atoms with E-state index in [0.29, 0.717) is 12.5 Å². The van der Waals surface area contributed by atoms with Crippen LogP contribution in [-0.2, 0) is 13.0 Å².